The van der Waals surface area contributed by atoms with Crippen LogP contribution < -0.4 is 0 Å². The third-order valence-electron chi connectivity index (χ3n) is 14.9. The molecular weight excluding hydrogens is 1160 g/mol. The molecule has 1 aliphatic heterocycles. The van der Waals surface area contributed by atoms with Crippen LogP contribution in [0.25, 0.3) is 0 Å². The van der Waals surface area contributed by atoms with Crippen molar-refractivity contribution < 1.29 is 83.6 Å². The van der Waals surface area contributed by atoms with Gasteiger partial charge in [0.1, 0.15) is 24.2 Å². The van der Waals surface area contributed by atoms with Crippen LogP contribution in [0.15, 0.2) is 73.3 Å². The molecular formula is C62H82F6N8O12. The Morgan fingerprint density at radius 1 is 0.432 bits per heavy atom. The van der Waals surface area contributed by atoms with Crippen molar-refractivity contribution >= 4 is 47.5 Å². The van der Waals surface area contributed by atoms with Crippen LogP contribution >= 0.6 is 0 Å². The van der Waals surface area contributed by atoms with Gasteiger partial charge in [-0.3, -0.25) is 28.5 Å². The quantitative estimate of drug-likeness (QED) is 0.0586. The number of rotatable bonds is 16. The summed E-state index contributed by atoms with van der Waals surface area (Å²) >= 11 is 0. The van der Waals surface area contributed by atoms with E-state index in [1.807, 2.05) is 0 Å². The summed E-state index contributed by atoms with van der Waals surface area (Å²) < 4.78 is 107. The lowest BCUT2D eigenvalue weighted by Gasteiger charge is -2.35. The molecule has 4 aromatic rings. The van der Waals surface area contributed by atoms with E-state index >= 15 is 9.59 Å². The van der Waals surface area contributed by atoms with E-state index < -0.39 is 120 Å². The number of hydrogen-bond acceptors (Lipinski definition) is 14. The average Bonchev–Trinajstić information content (AvgIpc) is 4.20. The molecule has 0 bridgehead atoms. The first-order chi connectivity index (χ1) is 40.9. The molecule has 0 spiro atoms. The van der Waals surface area contributed by atoms with Gasteiger partial charge in [0.05, 0.1) is 36.6 Å². The summed E-state index contributed by atoms with van der Waals surface area (Å²) in [5, 5.41) is 7.65. The highest BCUT2D eigenvalue weighted by Crippen LogP contribution is 2.31. The van der Waals surface area contributed by atoms with Gasteiger partial charge in [-0.1, -0.05) is 104 Å². The molecule has 3 heterocycles. The first-order valence-electron chi connectivity index (χ1n) is 29.2. The largest absolute Gasteiger partial charge is 0.451 e. The number of carbonyl (C=O) groups is 8. The van der Waals surface area contributed by atoms with Gasteiger partial charge in [0.2, 0.25) is 0 Å². The van der Waals surface area contributed by atoms with Crippen LogP contribution in [0.4, 0.5) is 26.3 Å². The van der Waals surface area contributed by atoms with E-state index in [0.29, 0.717) is 34.6 Å². The van der Waals surface area contributed by atoms with Gasteiger partial charge in [-0.2, -0.15) is 36.5 Å². The molecule has 0 saturated carbocycles. The molecule has 1 saturated heterocycles. The standard InChI is InChI=1S/C62H82F6N8O12/c1-35(2)22-47-57(81)85-40(10)54(78)72(12)50(25-38(7)8)60(84)88-52(28-43-16-15-17-44(26-43)32-76-34-46(30-70-76)62(66,67)68)56(80)74(14)48(23-36(3)4)58(82)86-39(9)53(77)71(11)49(24-37(5)6)59(83)87-51(55(79)73(47)13)27-41-18-20-42(21-19-41)31-75-33-45(29-69-75)61(63,64)65/h15-21,26,29-30,33-40,47-52H,22-25,27-28,31-32H2,1-14H3/t39-,40-,47+,48+,49+,50+,51-,52-/m1/s1. The summed E-state index contributed by atoms with van der Waals surface area (Å²) in [6.45, 7) is 16.5. The topological polar surface area (TPSA) is 222 Å². The number of amides is 4. The number of cyclic esters (lactones) is 4. The number of likely N-dealkylation sites (N-methyl/N-ethyl adjacent to an activating group) is 4. The second kappa shape index (κ2) is 30.4. The summed E-state index contributed by atoms with van der Waals surface area (Å²) in [5.74, 6) is -8.93. The second-order valence-electron chi connectivity index (χ2n) is 24.3. The molecule has 5 rings (SSSR count). The van der Waals surface area contributed by atoms with E-state index in [-0.39, 0.29) is 75.3 Å². The Balaban J connectivity index is 1.59. The number of carbonyl (C=O) groups excluding carboxylic acids is 8. The summed E-state index contributed by atoms with van der Waals surface area (Å²) in [7, 11) is 5.14. The fourth-order valence-corrected chi connectivity index (χ4v) is 10.1. The fourth-order valence-electron chi connectivity index (χ4n) is 10.1. The first-order valence-corrected chi connectivity index (χ1v) is 29.2. The molecule has 0 aliphatic carbocycles. The molecule has 0 N–H and O–H groups in total. The lowest BCUT2D eigenvalue weighted by molar-refractivity contribution is -0.176. The minimum atomic E-state index is -4.65. The van der Waals surface area contributed by atoms with Crippen molar-refractivity contribution in [2.45, 2.75) is 182 Å². The summed E-state index contributed by atoms with van der Waals surface area (Å²) in [5.41, 5.74) is -0.134. The van der Waals surface area contributed by atoms with Crippen LogP contribution in [0.3, 0.4) is 0 Å². The van der Waals surface area contributed by atoms with Crippen molar-refractivity contribution in [2.24, 2.45) is 23.7 Å². The third kappa shape index (κ3) is 19.6. The van der Waals surface area contributed by atoms with Crippen LogP contribution in [-0.2, 0) is 95.6 Å². The predicted octanol–water partition coefficient (Wildman–Crippen LogP) is 8.19. The number of benzene rings is 2. The lowest BCUT2D eigenvalue weighted by Crippen LogP contribution is -2.55. The van der Waals surface area contributed by atoms with E-state index in [1.54, 1.807) is 104 Å². The number of alkyl halides is 6. The van der Waals surface area contributed by atoms with Crippen LogP contribution in [0.2, 0.25) is 0 Å². The molecule has 20 nitrogen and oxygen atoms in total. The normalized spacial score (nSPS) is 22.6. The molecule has 0 radical (unpaired) electrons. The van der Waals surface area contributed by atoms with E-state index in [1.165, 1.54) is 42.0 Å². The van der Waals surface area contributed by atoms with Gasteiger partial charge >= 0.3 is 36.2 Å². The Morgan fingerprint density at radius 2 is 0.739 bits per heavy atom. The molecule has 1 fully saturated rings. The van der Waals surface area contributed by atoms with Gasteiger partial charge in [0, 0.05) is 53.4 Å². The lowest BCUT2D eigenvalue weighted by atomic mass is 9.99. The first kappa shape index (κ1) is 71.0. The molecule has 1 aliphatic rings. The molecule has 2 aromatic carbocycles. The third-order valence-corrected chi connectivity index (χ3v) is 14.9. The zero-order chi connectivity index (χ0) is 65.9. The monoisotopic (exact) mass is 1240 g/mol. The van der Waals surface area contributed by atoms with Gasteiger partial charge < -0.3 is 38.5 Å². The highest BCUT2D eigenvalue weighted by Gasteiger charge is 2.43. The highest BCUT2D eigenvalue weighted by atomic mass is 19.4. The number of halogens is 6. The molecule has 88 heavy (non-hydrogen) atoms. The SMILES string of the molecule is CC(C)C[C@H]1C(=O)O[C@H](Cc2cccc(Cn3cc(C(F)(F)F)cn3)c2)C(=O)N(C)[C@@H](CC(C)C)C(=O)O[C@H](C)C(=O)N(C)[C@@H](CC(C)C)C(=O)O[C@H](Cc2ccc(Cn3cc(C(F)(F)F)cn3)cc2)C(=O)N(C)[C@@H](CC(C)C)C(=O)O[C@H](C)C(=O)N1C. The number of esters is 4. The van der Waals surface area contributed by atoms with Crippen LogP contribution in [0.1, 0.15) is 128 Å². The fraction of sp³-hybridized carbons (Fsp3) is 0.581. The maximum atomic E-state index is 15.1. The van der Waals surface area contributed by atoms with Gasteiger partial charge in [-0.25, -0.2) is 19.2 Å². The van der Waals surface area contributed by atoms with Crippen LogP contribution in [0.5, 0.6) is 0 Å². The molecule has 8 atom stereocenters. The smallest absolute Gasteiger partial charge is 0.419 e. The van der Waals surface area contributed by atoms with Crippen LogP contribution in [-0.4, -0.2) is 163 Å². The zero-order valence-electron chi connectivity index (χ0n) is 52.3. The van der Waals surface area contributed by atoms with E-state index in [0.717, 1.165) is 41.4 Å². The van der Waals surface area contributed by atoms with Crippen molar-refractivity contribution in [2.75, 3.05) is 28.2 Å². The number of aromatic nitrogens is 4. The van der Waals surface area contributed by atoms with E-state index in [9.17, 15) is 55.1 Å². The molecule has 484 valence electrons. The average molecular weight is 1250 g/mol. The number of hydrogen-bond donors (Lipinski definition) is 0. The zero-order valence-corrected chi connectivity index (χ0v) is 52.3. The molecule has 2 aromatic heterocycles. The van der Waals surface area contributed by atoms with Crippen molar-refractivity contribution in [1.82, 2.24) is 39.2 Å². The Morgan fingerprint density at radius 3 is 1.08 bits per heavy atom. The van der Waals surface area contributed by atoms with Crippen molar-refractivity contribution in [3.8, 4) is 0 Å². The number of nitrogens with zero attached hydrogens (tertiary/aromatic N) is 8. The van der Waals surface area contributed by atoms with Crippen molar-refractivity contribution in [3.63, 3.8) is 0 Å². The van der Waals surface area contributed by atoms with E-state index in [4.69, 9.17) is 18.9 Å². The molecule has 4 amide bonds. The number of ether oxygens (including phenoxy) is 4. The summed E-state index contributed by atoms with van der Waals surface area (Å²) in [6.07, 6.45) is -13.6. The van der Waals surface area contributed by atoms with E-state index in [2.05, 4.69) is 10.2 Å². The summed E-state index contributed by atoms with van der Waals surface area (Å²) in [6, 6.07) is 7.00. The second-order valence-corrected chi connectivity index (χ2v) is 24.3. The highest BCUT2D eigenvalue weighted by molar-refractivity contribution is 5.94. The predicted molar refractivity (Wildman–Crippen MR) is 308 cm³/mol. The Hall–Kier alpha value is -7.80. The van der Waals surface area contributed by atoms with Gasteiger partial charge in [-0.05, 0) is 85.5 Å². The van der Waals surface area contributed by atoms with Crippen molar-refractivity contribution in [1.29, 1.82) is 0 Å². The Labute approximate surface area is 509 Å². The Kier molecular flexibility index (Phi) is 24.5. The Bertz CT molecular complexity index is 3050. The molecule has 26 heteroatoms. The maximum absolute atomic E-state index is 15.1. The van der Waals surface area contributed by atoms with Gasteiger partial charge in [0.25, 0.3) is 23.6 Å². The maximum Gasteiger partial charge on any atom is 0.419 e. The summed E-state index contributed by atoms with van der Waals surface area (Å²) in [4.78, 5) is 122. The van der Waals surface area contributed by atoms with Crippen LogP contribution in [0, 0.1) is 23.7 Å². The van der Waals surface area contributed by atoms with Crippen molar-refractivity contribution in [3.05, 3.63) is 107 Å². The van der Waals surface area contributed by atoms with Gasteiger partial charge in [0.15, 0.2) is 24.4 Å². The van der Waals surface area contributed by atoms with Gasteiger partial charge in [-0.15, -0.1) is 0 Å². The minimum Gasteiger partial charge on any atom is -0.451 e. The molecule has 0 unspecified atom stereocenters. The minimum absolute atomic E-state index is 0.0319.